The summed E-state index contributed by atoms with van der Waals surface area (Å²) in [5.41, 5.74) is 12.0. The summed E-state index contributed by atoms with van der Waals surface area (Å²) in [6, 6.07) is 8.13. The summed E-state index contributed by atoms with van der Waals surface area (Å²) >= 11 is 0. The second-order valence-electron chi connectivity index (χ2n) is 4.14. The minimum absolute atomic E-state index is 0.0887. The van der Waals surface area contributed by atoms with Crippen molar-refractivity contribution in [3.8, 4) is 6.07 Å². The third-order valence-electron chi connectivity index (χ3n) is 2.59. The molecule has 0 aliphatic rings. The van der Waals surface area contributed by atoms with Crippen LogP contribution >= 0.6 is 0 Å². The third-order valence-corrected chi connectivity index (χ3v) is 2.59. The number of carbonyl (C=O) groups is 2. The van der Waals surface area contributed by atoms with E-state index < -0.39 is 11.9 Å². The second kappa shape index (κ2) is 7.13. The molecule has 19 heavy (non-hydrogen) atoms. The lowest BCUT2D eigenvalue weighted by molar-refractivity contribution is -0.123. The number of amides is 2. The van der Waals surface area contributed by atoms with Gasteiger partial charge in [-0.05, 0) is 24.1 Å². The van der Waals surface area contributed by atoms with E-state index in [2.05, 4.69) is 5.32 Å². The largest absolute Gasteiger partial charge is 0.370 e. The summed E-state index contributed by atoms with van der Waals surface area (Å²) in [5.74, 6) is -0.805. The van der Waals surface area contributed by atoms with Gasteiger partial charge < -0.3 is 16.8 Å². The zero-order valence-electron chi connectivity index (χ0n) is 10.4. The fourth-order valence-electron chi connectivity index (χ4n) is 1.45. The van der Waals surface area contributed by atoms with Crippen LogP contribution in [0.3, 0.4) is 0 Å². The average molecular weight is 260 g/mol. The van der Waals surface area contributed by atoms with Gasteiger partial charge in [0.15, 0.2) is 0 Å². The first-order valence-electron chi connectivity index (χ1n) is 5.83. The predicted octanol–water partition coefficient (Wildman–Crippen LogP) is -0.233. The fraction of sp³-hybridized carbons (Fsp3) is 0.308. The summed E-state index contributed by atoms with van der Waals surface area (Å²) in [4.78, 5) is 22.2. The topological polar surface area (TPSA) is 122 Å². The molecule has 0 aromatic heterocycles. The van der Waals surface area contributed by atoms with E-state index >= 15 is 0 Å². The molecule has 0 spiro atoms. The van der Waals surface area contributed by atoms with Gasteiger partial charge in [-0.3, -0.25) is 9.59 Å². The molecule has 0 aliphatic heterocycles. The Balaban J connectivity index is 2.40. The number of nitrogens with one attached hydrogen (secondary N) is 1. The van der Waals surface area contributed by atoms with E-state index in [1.165, 1.54) is 0 Å². The van der Waals surface area contributed by atoms with Gasteiger partial charge in [0.2, 0.25) is 11.8 Å². The first-order chi connectivity index (χ1) is 9.02. The lowest BCUT2D eigenvalue weighted by Gasteiger charge is -2.11. The standard InChI is InChI=1S/C13H16N4O2/c14-7-9-1-3-10(4-2-9)8-17-13(19)11(15)5-6-12(16)18/h1-4,11H,5-6,8,15H2,(H2,16,18)(H,17,19)/t11-/m0/s1. The molecule has 1 aromatic carbocycles. The highest BCUT2D eigenvalue weighted by Gasteiger charge is 2.13. The first-order valence-corrected chi connectivity index (χ1v) is 5.83. The quantitative estimate of drug-likeness (QED) is 0.653. The number of benzene rings is 1. The Labute approximate surface area is 111 Å². The number of primary amides is 1. The maximum Gasteiger partial charge on any atom is 0.237 e. The van der Waals surface area contributed by atoms with Gasteiger partial charge in [0, 0.05) is 13.0 Å². The van der Waals surface area contributed by atoms with Crippen molar-refractivity contribution >= 4 is 11.8 Å². The van der Waals surface area contributed by atoms with Gasteiger partial charge in [0.05, 0.1) is 17.7 Å². The molecule has 0 aliphatic carbocycles. The number of carbonyl (C=O) groups excluding carboxylic acids is 2. The van der Waals surface area contributed by atoms with Crippen molar-refractivity contribution in [2.75, 3.05) is 0 Å². The van der Waals surface area contributed by atoms with E-state index in [9.17, 15) is 9.59 Å². The minimum atomic E-state index is -0.745. The molecule has 1 atom stereocenters. The monoisotopic (exact) mass is 260 g/mol. The van der Waals surface area contributed by atoms with Crippen molar-refractivity contribution in [1.29, 1.82) is 5.26 Å². The Hall–Kier alpha value is -2.39. The Morgan fingerprint density at radius 3 is 2.47 bits per heavy atom. The SMILES string of the molecule is N#Cc1ccc(CNC(=O)[C@@H](N)CCC(N)=O)cc1. The molecule has 1 aromatic rings. The zero-order chi connectivity index (χ0) is 14.3. The summed E-state index contributed by atoms with van der Waals surface area (Å²) in [6.45, 7) is 0.328. The van der Waals surface area contributed by atoms with Crippen LogP contribution in [0.25, 0.3) is 0 Å². The van der Waals surface area contributed by atoms with Gasteiger partial charge in [-0.15, -0.1) is 0 Å². The van der Waals surface area contributed by atoms with Gasteiger partial charge in [-0.25, -0.2) is 0 Å². The third kappa shape index (κ3) is 5.19. The van der Waals surface area contributed by atoms with Crippen molar-refractivity contribution in [3.05, 3.63) is 35.4 Å². The van der Waals surface area contributed by atoms with Crippen LogP contribution in [0.4, 0.5) is 0 Å². The zero-order valence-corrected chi connectivity index (χ0v) is 10.4. The normalized spacial score (nSPS) is 11.4. The average Bonchev–Trinajstić information content (AvgIpc) is 2.42. The molecule has 6 nitrogen and oxygen atoms in total. The molecule has 1 rings (SSSR count). The smallest absolute Gasteiger partial charge is 0.237 e. The van der Waals surface area contributed by atoms with Gasteiger partial charge in [-0.2, -0.15) is 5.26 Å². The van der Waals surface area contributed by atoms with Crippen LogP contribution in [0.1, 0.15) is 24.0 Å². The minimum Gasteiger partial charge on any atom is -0.370 e. The van der Waals surface area contributed by atoms with E-state index in [-0.39, 0.29) is 18.7 Å². The molecule has 0 radical (unpaired) electrons. The lowest BCUT2D eigenvalue weighted by atomic mass is 10.1. The summed E-state index contributed by atoms with van der Waals surface area (Å²) < 4.78 is 0. The first kappa shape index (κ1) is 14.7. The van der Waals surface area contributed by atoms with Crippen LogP contribution in [0, 0.1) is 11.3 Å². The Bertz CT molecular complexity index is 490. The molecule has 0 saturated carbocycles. The molecule has 0 bridgehead atoms. The highest BCUT2D eigenvalue weighted by Crippen LogP contribution is 2.03. The van der Waals surface area contributed by atoms with Gasteiger partial charge in [0.25, 0.3) is 0 Å². The van der Waals surface area contributed by atoms with Crippen LogP contribution < -0.4 is 16.8 Å². The molecule has 5 N–H and O–H groups in total. The highest BCUT2D eigenvalue weighted by molar-refractivity contribution is 5.82. The van der Waals surface area contributed by atoms with Crippen LogP contribution in [0.5, 0.6) is 0 Å². The lowest BCUT2D eigenvalue weighted by Crippen LogP contribution is -2.40. The number of hydrogen-bond donors (Lipinski definition) is 3. The van der Waals surface area contributed by atoms with Crippen LogP contribution in [0.2, 0.25) is 0 Å². The van der Waals surface area contributed by atoms with Crippen LogP contribution in [0.15, 0.2) is 24.3 Å². The Kier molecular flexibility index (Phi) is 5.51. The number of nitrogens with two attached hydrogens (primary N) is 2. The van der Waals surface area contributed by atoms with E-state index in [0.717, 1.165) is 5.56 Å². The maximum atomic E-state index is 11.6. The Morgan fingerprint density at radius 2 is 1.95 bits per heavy atom. The molecular formula is C13H16N4O2. The van der Waals surface area contributed by atoms with Gasteiger partial charge in [-0.1, -0.05) is 12.1 Å². The molecule has 6 heteroatoms. The predicted molar refractivity (Wildman–Crippen MR) is 69.4 cm³/mol. The number of nitriles is 1. The number of rotatable bonds is 6. The summed E-state index contributed by atoms with van der Waals surface area (Å²) in [5, 5.41) is 11.3. The van der Waals surface area contributed by atoms with Crippen molar-refractivity contribution in [2.45, 2.75) is 25.4 Å². The van der Waals surface area contributed by atoms with E-state index in [1.54, 1.807) is 24.3 Å². The van der Waals surface area contributed by atoms with Crippen molar-refractivity contribution in [3.63, 3.8) is 0 Å². The van der Waals surface area contributed by atoms with Crippen molar-refractivity contribution in [2.24, 2.45) is 11.5 Å². The van der Waals surface area contributed by atoms with Crippen molar-refractivity contribution in [1.82, 2.24) is 5.32 Å². The summed E-state index contributed by atoms with van der Waals surface area (Å²) in [7, 11) is 0. The maximum absolute atomic E-state index is 11.6. The van der Waals surface area contributed by atoms with Crippen molar-refractivity contribution < 1.29 is 9.59 Å². The molecule has 0 heterocycles. The fourth-order valence-corrected chi connectivity index (χ4v) is 1.45. The molecule has 100 valence electrons. The van der Waals surface area contributed by atoms with E-state index in [0.29, 0.717) is 12.1 Å². The molecule has 0 fully saturated rings. The van der Waals surface area contributed by atoms with Gasteiger partial charge in [0.1, 0.15) is 0 Å². The van der Waals surface area contributed by atoms with Crippen LogP contribution in [-0.2, 0) is 16.1 Å². The molecule has 0 saturated heterocycles. The second-order valence-corrected chi connectivity index (χ2v) is 4.14. The number of hydrogen-bond acceptors (Lipinski definition) is 4. The molecular weight excluding hydrogens is 244 g/mol. The molecule has 2 amide bonds. The number of nitrogens with zero attached hydrogens (tertiary/aromatic N) is 1. The Morgan fingerprint density at radius 1 is 1.32 bits per heavy atom. The van der Waals surface area contributed by atoms with Gasteiger partial charge >= 0.3 is 0 Å². The molecule has 0 unspecified atom stereocenters. The van der Waals surface area contributed by atoms with E-state index in [1.807, 2.05) is 6.07 Å². The summed E-state index contributed by atoms with van der Waals surface area (Å²) in [6.07, 6.45) is 0.319. The van der Waals surface area contributed by atoms with Crippen LogP contribution in [-0.4, -0.2) is 17.9 Å². The van der Waals surface area contributed by atoms with E-state index in [4.69, 9.17) is 16.7 Å². The highest BCUT2D eigenvalue weighted by atomic mass is 16.2.